The van der Waals surface area contributed by atoms with Gasteiger partial charge in [-0.2, -0.15) is 0 Å². The molecule has 3 heteroatoms. The summed E-state index contributed by atoms with van der Waals surface area (Å²) in [5.74, 6) is 0.567. The van der Waals surface area contributed by atoms with Gasteiger partial charge in [0, 0.05) is 12.6 Å². The van der Waals surface area contributed by atoms with E-state index in [1.807, 2.05) is 12.1 Å². The number of piperidine rings is 1. The zero-order chi connectivity index (χ0) is 13.2. The molecule has 1 aliphatic carbocycles. The molecule has 1 saturated heterocycles. The first-order valence-corrected chi connectivity index (χ1v) is 7.45. The summed E-state index contributed by atoms with van der Waals surface area (Å²) in [6.45, 7) is 0.875. The molecule has 1 aromatic rings. The van der Waals surface area contributed by atoms with Crippen molar-refractivity contribution in [2.45, 2.75) is 51.2 Å². The SMILES string of the molecule is OCc1ccc(N2CCCC3CCCCC32)c(F)c1. The van der Waals surface area contributed by atoms with Gasteiger partial charge in [0.15, 0.2) is 0 Å². The van der Waals surface area contributed by atoms with E-state index in [-0.39, 0.29) is 12.4 Å². The standard InChI is InChI=1S/C16H22FNO/c17-14-10-12(11-19)7-8-16(14)18-9-3-5-13-4-1-2-6-15(13)18/h7-8,10,13,15,19H,1-6,9,11H2. The summed E-state index contributed by atoms with van der Waals surface area (Å²) >= 11 is 0. The van der Waals surface area contributed by atoms with Crippen LogP contribution >= 0.6 is 0 Å². The van der Waals surface area contributed by atoms with E-state index in [4.69, 9.17) is 5.11 Å². The van der Waals surface area contributed by atoms with Crippen molar-refractivity contribution in [2.24, 2.45) is 5.92 Å². The van der Waals surface area contributed by atoms with Crippen LogP contribution in [0.25, 0.3) is 0 Å². The quantitative estimate of drug-likeness (QED) is 0.883. The number of fused-ring (bicyclic) bond motifs is 1. The first-order chi connectivity index (χ1) is 9.29. The van der Waals surface area contributed by atoms with Crippen LogP contribution in [-0.2, 0) is 6.61 Å². The summed E-state index contributed by atoms with van der Waals surface area (Å²) in [6, 6.07) is 5.68. The second kappa shape index (κ2) is 5.49. The maximum Gasteiger partial charge on any atom is 0.146 e. The second-order valence-electron chi connectivity index (χ2n) is 5.89. The second-order valence-corrected chi connectivity index (χ2v) is 5.89. The van der Waals surface area contributed by atoms with Gasteiger partial charge in [-0.1, -0.05) is 18.9 Å². The molecule has 104 valence electrons. The molecule has 0 aromatic heterocycles. The molecule has 1 saturated carbocycles. The van der Waals surface area contributed by atoms with E-state index in [9.17, 15) is 4.39 Å². The van der Waals surface area contributed by atoms with Crippen molar-refractivity contribution in [3.63, 3.8) is 0 Å². The van der Waals surface area contributed by atoms with Crippen LogP contribution in [0.3, 0.4) is 0 Å². The first-order valence-electron chi connectivity index (χ1n) is 7.45. The molecule has 0 amide bonds. The van der Waals surface area contributed by atoms with Crippen LogP contribution in [0.4, 0.5) is 10.1 Å². The molecule has 2 aliphatic rings. The topological polar surface area (TPSA) is 23.5 Å². The van der Waals surface area contributed by atoms with E-state index in [0.717, 1.165) is 18.2 Å². The van der Waals surface area contributed by atoms with Gasteiger partial charge < -0.3 is 10.0 Å². The van der Waals surface area contributed by atoms with E-state index in [1.165, 1.54) is 44.6 Å². The molecule has 2 unspecified atom stereocenters. The molecule has 1 heterocycles. The van der Waals surface area contributed by atoms with Gasteiger partial charge in [-0.3, -0.25) is 0 Å². The Morgan fingerprint density at radius 1 is 1.16 bits per heavy atom. The number of hydrogen-bond acceptors (Lipinski definition) is 2. The molecule has 0 spiro atoms. The molecule has 2 atom stereocenters. The lowest BCUT2D eigenvalue weighted by molar-refractivity contribution is 0.242. The Labute approximate surface area is 114 Å². The lowest BCUT2D eigenvalue weighted by Gasteiger charge is -2.45. The van der Waals surface area contributed by atoms with Gasteiger partial charge in [-0.15, -0.1) is 0 Å². The van der Waals surface area contributed by atoms with Gasteiger partial charge in [0.25, 0.3) is 0 Å². The van der Waals surface area contributed by atoms with Crippen molar-refractivity contribution < 1.29 is 9.50 Å². The number of hydrogen-bond donors (Lipinski definition) is 1. The highest BCUT2D eigenvalue weighted by atomic mass is 19.1. The van der Waals surface area contributed by atoms with Crippen LogP contribution in [0.5, 0.6) is 0 Å². The molecule has 1 aliphatic heterocycles. The van der Waals surface area contributed by atoms with Gasteiger partial charge in [0.2, 0.25) is 0 Å². The minimum atomic E-state index is -0.183. The van der Waals surface area contributed by atoms with E-state index < -0.39 is 0 Å². The fourth-order valence-electron chi connectivity index (χ4n) is 3.81. The molecule has 2 nitrogen and oxygen atoms in total. The highest BCUT2D eigenvalue weighted by Gasteiger charge is 2.34. The van der Waals surface area contributed by atoms with Gasteiger partial charge in [0.05, 0.1) is 12.3 Å². The molecule has 19 heavy (non-hydrogen) atoms. The summed E-state index contributed by atoms with van der Waals surface area (Å²) in [4.78, 5) is 2.28. The zero-order valence-corrected chi connectivity index (χ0v) is 11.3. The number of rotatable bonds is 2. The summed E-state index contributed by atoms with van der Waals surface area (Å²) in [5.41, 5.74) is 1.38. The molecule has 0 bridgehead atoms. The van der Waals surface area contributed by atoms with E-state index >= 15 is 0 Å². The van der Waals surface area contributed by atoms with Gasteiger partial charge in [0.1, 0.15) is 5.82 Å². The summed E-state index contributed by atoms with van der Waals surface area (Å²) < 4.78 is 14.2. The average molecular weight is 263 g/mol. The van der Waals surface area contributed by atoms with E-state index in [0.29, 0.717) is 11.6 Å². The lowest BCUT2D eigenvalue weighted by Crippen LogP contribution is -2.47. The monoisotopic (exact) mass is 263 g/mol. The van der Waals surface area contributed by atoms with Crippen LogP contribution in [0, 0.1) is 11.7 Å². The van der Waals surface area contributed by atoms with Crippen LogP contribution in [0.1, 0.15) is 44.1 Å². The Balaban J connectivity index is 1.87. The minimum absolute atomic E-state index is 0.0940. The normalized spacial score (nSPS) is 27.2. The van der Waals surface area contributed by atoms with Gasteiger partial charge in [-0.25, -0.2) is 4.39 Å². The fraction of sp³-hybridized carbons (Fsp3) is 0.625. The molecule has 1 N–H and O–H groups in total. The lowest BCUT2D eigenvalue weighted by atomic mass is 9.78. The van der Waals surface area contributed by atoms with Crippen LogP contribution in [-0.4, -0.2) is 17.7 Å². The Kier molecular flexibility index (Phi) is 3.74. The molecule has 3 rings (SSSR count). The van der Waals surface area contributed by atoms with E-state index in [1.54, 1.807) is 0 Å². The Morgan fingerprint density at radius 2 is 1.95 bits per heavy atom. The summed E-state index contributed by atoms with van der Waals surface area (Å²) in [5, 5.41) is 9.07. The molecule has 1 aromatic carbocycles. The van der Waals surface area contributed by atoms with Crippen LogP contribution < -0.4 is 4.90 Å². The third-order valence-electron chi connectivity index (χ3n) is 4.75. The Hall–Kier alpha value is -1.09. The number of benzene rings is 1. The highest BCUT2D eigenvalue weighted by molar-refractivity contribution is 5.50. The van der Waals surface area contributed by atoms with Crippen molar-refractivity contribution in [1.29, 1.82) is 0 Å². The molecule has 0 radical (unpaired) electrons. The number of anilines is 1. The van der Waals surface area contributed by atoms with Crippen molar-refractivity contribution in [2.75, 3.05) is 11.4 Å². The first kappa shape index (κ1) is 12.9. The summed E-state index contributed by atoms with van der Waals surface area (Å²) in [6.07, 6.45) is 7.58. The van der Waals surface area contributed by atoms with Crippen LogP contribution in [0.15, 0.2) is 18.2 Å². The van der Waals surface area contributed by atoms with Crippen molar-refractivity contribution >= 4 is 5.69 Å². The van der Waals surface area contributed by atoms with Crippen molar-refractivity contribution in [1.82, 2.24) is 0 Å². The number of aliphatic hydroxyl groups is 1. The third-order valence-corrected chi connectivity index (χ3v) is 4.75. The van der Waals surface area contributed by atoms with Crippen LogP contribution in [0.2, 0.25) is 0 Å². The maximum atomic E-state index is 14.2. The third kappa shape index (κ3) is 2.48. The minimum Gasteiger partial charge on any atom is -0.392 e. The smallest absolute Gasteiger partial charge is 0.146 e. The highest BCUT2D eigenvalue weighted by Crippen LogP contribution is 2.38. The van der Waals surface area contributed by atoms with Crippen molar-refractivity contribution in [3.8, 4) is 0 Å². The molecule has 2 fully saturated rings. The van der Waals surface area contributed by atoms with E-state index in [2.05, 4.69) is 4.90 Å². The zero-order valence-electron chi connectivity index (χ0n) is 11.3. The Bertz CT molecular complexity index is 446. The fourth-order valence-corrected chi connectivity index (χ4v) is 3.81. The van der Waals surface area contributed by atoms with Gasteiger partial charge in [-0.05, 0) is 49.3 Å². The van der Waals surface area contributed by atoms with Gasteiger partial charge >= 0.3 is 0 Å². The van der Waals surface area contributed by atoms with Crippen molar-refractivity contribution in [3.05, 3.63) is 29.6 Å². The number of halogens is 1. The maximum absolute atomic E-state index is 14.2. The predicted molar refractivity (Wildman–Crippen MR) is 74.6 cm³/mol. The average Bonchev–Trinajstić information content (AvgIpc) is 2.46. The Morgan fingerprint density at radius 3 is 2.74 bits per heavy atom. The summed E-state index contributed by atoms with van der Waals surface area (Å²) in [7, 11) is 0. The molecular formula is C16H22FNO. The molecular weight excluding hydrogens is 241 g/mol. The number of nitrogens with zero attached hydrogens (tertiary/aromatic N) is 1. The largest absolute Gasteiger partial charge is 0.392 e. The predicted octanol–water partition coefficient (Wildman–Crippen LogP) is 3.48. The number of aliphatic hydroxyl groups excluding tert-OH is 1.